The molecule has 2 aromatic heterocycles. The summed E-state index contributed by atoms with van der Waals surface area (Å²) in [5.41, 5.74) is 2.05. The van der Waals surface area contributed by atoms with Crippen molar-refractivity contribution < 1.29 is 9.90 Å². The van der Waals surface area contributed by atoms with Crippen LogP contribution in [0.15, 0.2) is 27.3 Å². The van der Waals surface area contributed by atoms with Gasteiger partial charge in [0.15, 0.2) is 0 Å². The summed E-state index contributed by atoms with van der Waals surface area (Å²) in [7, 11) is 0. The molecule has 0 aliphatic heterocycles. The largest absolute Gasteiger partial charge is 0.481 e. The van der Waals surface area contributed by atoms with E-state index in [-0.39, 0.29) is 0 Å². The maximum absolute atomic E-state index is 11.5. The minimum Gasteiger partial charge on any atom is -0.481 e. The summed E-state index contributed by atoms with van der Waals surface area (Å²) in [6, 6.07) is 3.95. The molecule has 0 saturated carbocycles. The van der Waals surface area contributed by atoms with Gasteiger partial charge in [-0.2, -0.15) is 0 Å². The molecular formula is C12H8Br4O2S2. The van der Waals surface area contributed by atoms with Crippen molar-refractivity contribution in [3.63, 3.8) is 0 Å². The van der Waals surface area contributed by atoms with Crippen molar-refractivity contribution in [1.29, 1.82) is 0 Å². The van der Waals surface area contributed by atoms with Crippen LogP contribution in [-0.2, 0) is 17.6 Å². The predicted octanol–water partition coefficient (Wildman–Crippen LogP) is 6.35. The summed E-state index contributed by atoms with van der Waals surface area (Å²) in [6.45, 7) is 0. The van der Waals surface area contributed by atoms with E-state index in [2.05, 4.69) is 63.7 Å². The molecule has 0 aliphatic rings. The molecule has 0 aromatic carbocycles. The lowest BCUT2D eigenvalue weighted by molar-refractivity contribution is -0.141. The predicted molar refractivity (Wildman–Crippen MR) is 98.0 cm³/mol. The van der Waals surface area contributed by atoms with Gasteiger partial charge in [-0.05, 0) is 99.8 Å². The highest BCUT2D eigenvalue weighted by atomic mass is 79.9. The molecule has 2 nitrogen and oxygen atoms in total. The van der Waals surface area contributed by atoms with Crippen molar-refractivity contribution >= 4 is 92.4 Å². The summed E-state index contributed by atoms with van der Waals surface area (Å²) in [5, 5.41) is 9.44. The van der Waals surface area contributed by atoms with Crippen molar-refractivity contribution in [2.24, 2.45) is 5.92 Å². The van der Waals surface area contributed by atoms with Crippen molar-refractivity contribution in [2.75, 3.05) is 0 Å². The molecule has 20 heavy (non-hydrogen) atoms. The number of aliphatic carboxylic acids is 1. The number of halogens is 4. The van der Waals surface area contributed by atoms with E-state index in [1.807, 2.05) is 12.1 Å². The lowest BCUT2D eigenvalue weighted by Gasteiger charge is -2.11. The van der Waals surface area contributed by atoms with Gasteiger partial charge < -0.3 is 5.11 Å². The fraction of sp³-hybridized carbons (Fsp3) is 0.250. The number of thiophene rings is 2. The lowest BCUT2D eigenvalue weighted by Crippen LogP contribution is -2.19. The van der Waals surface area contributed by atoms with E-state index in [1.54, 1.807) is 22.7 Å². The van der Waals surface area contributed by atoms with E-state index in [4.69, 9.17) is 0 Å². The topological polar surface area (TPSA) is 37.3 Å². The Labute approximate surface area is 158 Å². The first-order chi connectivity index (χ1) is 9.36. The van der Waals surface area contributed by atoms with Crippen molar-refractivity contribution in [3.05, 3.63) is 38.4 Å². The van der Waals surface area contributed by atoms with Crippen molar-refractivity contribution in [1.82, 2.24) is 0 Å². The van der Waals surface area contributed by atoms with E-state index in [0.717, 1.165) is 26.3 Å². The molecule has 0 atom stereocenters. The molecule has 8 heteroatoms. The standard InChI is InChI=1S/C12H8Br4O2S2/c13-8-3-5(10(15)19-8)1-7(12(17)18)2-6-4-9(14)20-11(6)16/h3-4,7H,1-2H2,(H,17,18). The molecule has 2 heterocycles. The molecule has 0 fully saturated rings. The van der Waals surface area contributed by atoms with Gasteiger partial charge in [0.1, 0.15) is 0 Å². The zero-order chi connectivity index (χ0) is 14.9. The Kier molecular flexibility index (Phi) is 6.32. The van der Waals surface area contributed by atoms with E-state index in [9.17, 15) is 9.90 Å². The number of rotatable bonds is 5. The van der Waals surface area contributed by atoms with Gasteiger partial charge in [0, 0.05) is 0 Å². The van der Waals surface area contributed by atoms with Crippen LogP contribution in [0.1, 0.15) is 11.1 Å². The molecule has 2 aromatic rings. The lowest BCUT2D eigenvalue weighted by atomic mass is 9.95. The Hall–Kier alpha value is 0.790. The number of carbonyl (C=O) groups is 1. The average Bonchev–Trinajstić information content (AvgIpc) is 2.81. The maximum atomic E-state index is 11.5. The molecule has 0 radical (unpaired) electrons. The van der Waals surface area contributed by atoms with Gasteiger partial charge in [-0.1, -0.05) is 0 Å². The molecule has 1 N–H and O–H groups in total. The Bertz CT molecular complexity index is 587. The first-order valence-electron chi connectivity index (χ1n) is 5.47. The van der Waals surface area contributed by atoms with E-state index >= 15 is 0 Å². The quantitative estimate of drug-likeness (QED) is 0.457. The highest BCUT2D eigenvalue weighted by molar-refractivity contribution is 9.12. The highest BCUT2D eigenvalue weighted by Crippen LogP contribution is 2.36. The zero-order valence-corrected chi connectivity index (χ0v) is 17.8. The third-order valence-electron chi connectivity index (χ3n) is 2.74. The number of carboxylic acid groups (broad SMARTS) is 1. The second-order valence-corrected chi connectivity index (χ2v) is 11.6. The fourth-order valence-electron chi connectivity index (χ4n) is 1.80. The van der Waals surface area contributed by atoms with Crippen LogP contribution in [0.5, 0.6) is 0 Å². The highest BCUT2D eigenvalue weighted by Gasteiger charge is 2.22. The van der Waals surface area contributed by atoms with Gasteiger partial charge in [0.2, 0.25) is 0 Å². The summed E-state index contributed by atoms with van der Waals surface area (Å²) in [4.78, 5) is 11.5. The summed E-state index contributed by atoms with van der Waals surface area (Å²) in [5.74, 6) is -1.21. The summed E-state index contributed by atoms with van der Waals surface area (Å²) >= 11 is 16.9. The zero-order valence-electron chi connectivity index (χ0n) is 9.83. The minimum atomic E-state index is -0.770. The first-order valence-corrected chi connectivity index (χ1v) is 10.3. The number of hydrogen-bond acceptors (Lipinski definition) is 3. The Balaban J connectivity index is 2.18. The fourth-order valence-corrected chi connectivity index (χ4v) is 7.52. The number of carboxylic acids is 1. The second-order valence-electron chi connectivity index (χ2n) is 4.14. The summed E-state index contributed by atoms with van der Waals surface area (Å²) < 4.78 is 3.98. The Morgan fingerprint density at radius 2 is 1.40 bits per heavy atom. The van der Waals surface area contributed by atoms with Gasteiger partial charge >= 0.3 is 5.97 Å². The van der Waals surface area contributed by atoms with E-state index in [1.165, 1.54) is 0 Å². The molecule has 0 spiro atoms. The van der Waals surface area contributed by atoms with Crippen LogP contribution < -0.4 is 0 Å². The first kappa shape index (κ1) is 17.1. The third-order valence-corrected chi connectivity index (χ3v) is 7.66. The molecule has 0 amide bonds. The molecule has 0 aliphatic carbocycles. The molecule has 0 unspecified atom stereocenters. The van der Waals surface area contributed by atoms with Gasteiger partial charge in [-0.25, -0.2) is 0 Å². The smallest absolute Gasteiger partial charge is 0.307 e. The van der Waals surface area contributed by atoms with Gasteiger partial charge in [0.05, 0.1) is 21.1 Å². The van der Waals surface area contributed by atoms with Crippen LogP contribution in [0, 0.1) is 5.92 Å². The number of hydrogen-bond donors (Lipinski definition) is 1. The Morgan fingerprint density at radius 3 is 1.65 bits per heavy atom. The van der Waals surface area contributed by atoms with Crippen LogP contribution in [0.2, 0.25) is 0 Å². The molecular weight excluding hydrogens is 560 g/mol. The van der Waals surface area contributed by atoms with Gasteiger partial charge in [-0.3, -0.25) is 4.79 Å². The van der Waals surface area contributed by atoms with E-state index < -0.39 is 11.9 Å². The minimum absolute atomic E-state index is 0.439. The van der Waals surface area contributed by atoms with Crippen LogP contribution in [0.3, 0.4) is 0 Å². The molecule has 108 valence electrons. The van der Waals surface area contributed by atoms with E-state index in [0.29, 0.717) is 12.8 Å². The summed E-state index contributed by atoms with van der Waals surface area (Å²) in [6.07, 6.45) is 1.02. The normalized spacial score (nSPS) is 11.2. The molecule has 0 bridgehead atoms. The van der Waals surface area contributed by atoms with Crippen LogP contribution in [0.4, 0.5) is 0 Å². The van der Waals surface area contributed by atoms with Gasteiger partial charge in [0.25, 0.3) is 0 Å². The van der Waals surface area contributed by atoms with Crippen LogP contribution in [-0.4, -0.2) is 11.1 Å². The van der Waals surface area contributed by atoms with Gasteiger partial charge in [-0.15, -0.1) is 22.7 Å². The maximum Gasteiger partial charge on any atom is 0.307 e. The SMILES string of the molecule is O=C(O)C(Cc1cc(Br)sc1Br)Cc1cc(Br)sc1Br. The average molecular weight is 568 g/mol. The third kappa shape index (κ3) is 4.39. The Morgan fingerprint density at radius 1 is 1.00 bits per heavy atom. The van der Waals surface area contributed by atoms with Crippen LogP contribution >= 0.6 is 86.4 Å². The molecule has 0 saturated heterocycles. The van der Waals surface area contributed by atoms with Crippen LogP contribution in [0.25, 0.3) is 0 Å². The second kappa shape index (κ2) is 7.37. The monoisotopic (exact) mass is 564 g/mol. The van der Waals surface area contributed by atoms with Crippen molar-refractivity contribution in [3.8, 4) is 0 Å². The molecule has 2 rings (SSSR count). The van der Waals surface area contributed by atoms with Crippen molar-refractivity contribution in [2.45, 2.75) is 12.8 Å².